The van der Waals surface area contributed by atoms with Gasteiger partial charge in [-0.15, -0.1) is 0 Å². The average molecular weight is 488 g/mol. The lowest BCUT2D eigenvalue weighted by molar-refractivity contribution is -0.166. The summed E-state index contributed by atoms with van der Waals surface area (Å²) >= 11 is 0. The number of benzene rings is 2. The molecule has 2 atom stereocenters. The second-order valence-electron chi connectivity index (χ2n) is 9.22. The summed E-state index contributed by atoms with van der Waals surface area (Å²) in [6, 6.07) is 12.6. The molecule has 0 aromatic heterocycles. The van der Waals surface area contributed by atoms with Gasteiger partial charge in [-0.05, 0) is 44.0 Å². The van der Waals surface area contributed by atoms with Gasteiger partial charge in [0, 0.05) is 25.4 Å². The molecule has 4 rings (SSSR count). The van der Waals surface area contributed by atoms with Gasteiger partial charge < -0.3 is 9.80 Å². The van der Waals surface area contributed by atoms with Crippen molar-refractivity contribution in [2.45, 2.75) is 63.4 Å². The molecular weight excluding hydrogens is 457 g/mol. The topological polar surface area (TPSA) is 78.0 Å². The smallest absolute Gasteiger partial charge is 0.246 e. The predicted molar refractivity (Wildman–Crippen MR) is 126 cm³/mol. The highest BCUT2D eigenvalue weighted by Crippen LogP contribution is 2.32. The zero-order valence-electron chi connectivity index (χ0n) is 19.6. The van der Waals surface area contributed by atoms with Gasteiger partial charge in [-0.25, -0.2) is 12.8 Å². The summed E-state index contributed by atoms with van der Waals surface area (Å²) in [7, 11) is -4.02. The second-order valence-corrected chi connectivity index (χ2v) is 11.1. The average Bonchev–Trinajstić information content (AvgIpc) is 2.81. The molecule has 0 saturated carbocycles. The van der Waals surface area contributed by atoms with Crippen LogP contribution in [0.15, 0.2) is 53.4 Å². The Morgan fingerprint density at radius 1 is 1.06 bits per heavy atom. The first-order valence-corrected chi connectivity index (χ1v) is 12.9. The molecule has 182 valence electrons. The minimum absolute atomic E-state index is 0.0135. The zero-order chi connectivity index (χ0) is 24.6. The van der Waals surface area contributed by atoms with Gasteiger partial charge in [-0.2, -0.15) is 4.31 Å². The quantitative estimate of drug-likeness (QED) is 0.628. The van der Waals surface area contributed by atoms with Crippen LogP contribution >= 0.6 is 0 Å². The van der Waals surface area contributed by atoms with Crippen molar-refractivity contribution in [3.8, 4) is 0 Å². The van der Waals surface area contributed by atoms with Crippen LogP contribution in [0.1, 0.15) is 37.0 Å². The summed E-state index contributed by atoms with van der Waals surface area (Å²) in [5.74, 6) is -0.415. The molecule has 2 unspecified atom stereocenters. The van der Waals surface area contributed by atoms with Crippen molar-refractivity contribution in [2.75, 3.05) is 13.1 Å². The summed E-state index contributed by atoms with van der Waals surface area (Å²) < 4.78 is 41.8. The van der Waals surface area contributed by atoms with Gasteiger partial charge in [0.15, 0.2) is 0 Å². The number of carbonyl (C=O) groups is 2. The molecule has 0 bridgehead atoms. The van der Waals surface area contributed by atoms with Crippen LogP contribution in [0.3, 0.4) is 0 Å². The zero-order valence-corrected chi connectivity index (χ0v) is 20.5. The van der Waals surface area contributed by atoms with Gasteiger partial charge in [-0.1, -0.05) is 42.0 Å². The van der Waals surface area contributed by atoms with Crippen LogP contribution in [0.2, 0.25) is 0 Å². The van der Waals surface area contributed by atoms with E-state index in [1.54, 1.807) is 4.90 Å². The summed E-state index contributed by atoms with van der Waals surface area (Å²) in [6.07, 6.45) is -0.538. The fraction of sp³-hybridized carbons (Fsp3) is 0.440. The fourth-order valence-corrected chi connectivity index (χ4v) is 6.37. The first-order chi connectivity index (χ1) is 16.1. The number of alkyl halides is 1. The lowest BCUT2D eigenvalue weighted by atomic mass is 9.97. The van der Waals surface area contributed by atoms with Gasteiger partial charge in [0.1, 0.15) is 18.9 Å². The van der Waals surface area contributed by atoms with E-state index in [9.17, 15) is 22.4 Å². The second kappa shape index (κ2) is 9.46. The first kappa shape index (κ1) is 24.3. The largest absolute Gasteiger partial charge is 0.335 e. The van der Waals surface area contributed by atoms with E-state index in [1.807, 2.05) is 45.0 Å². The van der Waals surface area contributed by atoms with Crippen molar-refractivity contribution < 1.29 is 22.4 Å². The minimum atomic E-state index is -4.02. The number of carbonyl (C=O) groups excluding carboxylic acids is 2. The van der Waals surface area contributed by atoms with E-state index in [1.165, 1.54) is 33.5 Å². The highest BCUT2D eigenvalue weighted by molar-refractivity contribution is 7.89. The number of nitrogens with zero attached hydrogens (tertiary/aromatic N) is 3. The van der Waals surface area contributed by atoms with Crippen LogP contribution in [-0.2, 0) is 32.7 Å². The summed E-state index contributed by atoms with van der Waals surface area (Å²) in [5.41, 5.74) is 2.25. The number of aryl methyl sites for hydroxylation is 1. The van der Waals surface area contributed by atoms with Gasteiger partial charge in [0.2, 0.25) is 21.8 Å². The third-order valence-corrected chi connectivity index (χ3v) is 8.48. The molecule has 9 heteroatoms. The minimum Gasteiger partial charge on any atom is -0.335 e. The maximum Gasteiger partial charge on any atom is 0.246 e. The molecule has 2 saturated heterocycles. The van der Waals surface area contributed by atoms with Crippen molar-refractivity contribution >= 4 is 21.8 Å². The van der Waals surface area contributed by atoms with Crippen molar-refractivity contribution in [3.63, 3.8) is 0 Å². The van der Waals surface area contributed by atoms with Crippen LogP contribution in [0.25, 0.3) is 0 Å². The number of halogens is 1. The third-order valence-electron chi connectivity index (χ3n) is 6.58. The maximum absolute atomic E-state index is 13.6. The van der Waals surface area contributed by atoms with Crippen LogP contribution in [-0.4, -0.2) is 65.7 Å². The molecule has 2 fully saturated rings. The molecule has 2 aliphatic heterocycles. The van der Waals surface area contributed by atoms with Crippen LogP contribution in [0.5, 0.6) is 0 Å². The van der Waals surface area contributed by atoms with Crippen LogP contribution in [0.4, 0.5) is 4.39 Å². The number of sulfonamides is 1. The Morgan fingerprint density at radius 3 is 2.41 bits per heavy atom. The van der Waals surface area contributed by atoms with Crippen LogP contribution < -0.4 is 0 Å². The number of amides is 2. The Bertz CT molecular complexity index is 1180. The van der Waals surface area contributed by atoms with E-state index in [0.29, 0.717) is 6.42 Å². The number of hydrogen-bond acceptors (Lipinski definition) is 4. The number of rotatable bonds is 6. The molecule has 0 aliphatic carbocycles. The molecule has 2 aliphatic rings. The summed E-state index contributed by atoms with van der Waals surface area (Å²) in [6.45, 7) is 5.07. The van der Waals surface area contributed by atoms with E-state index in [4.69, 9.17) is 0 Å². The van der Waals surface area contributed by atoms with Crippen LogP contribution in [0, 0.1) is 6.92 Å². The summed E-state index contributed by atoms with van der Waals surface area (Å²) in [5, 5.41) is 0. The Morgan fingerprint density at radius 2 is 1.76 bits per heavy atom. The monoisotopic (exact) mass is 487 g/mol. The van der Waals surface area contributed by atoms with Crippen molar-refractivity contribution in [2.24, 2.45) is 0 Å². The van der Waals surface area contributed by atoms with E-state index in [0.717, 1.165) is 11.1 Å². The molecule has 2 amide bonds. The standard InChI is InChI=1S/C25H30FN3O4S/c1-17(2)27-16-23-28(34(32,33)21-6-4-5-20(13-21)15-26)12-11-24(30)29(23)22(25(27)31)14-19-9-7-18(3)8-10-19/h4-10,13,17,22-23H,11-12,14-16H2,1-3H3. The van der Waals surface area contributed by atoms with Gasteiger partial charge >= 0.3 is 0 Å². The first-order valence-electron chi connectivity index (χ1n) is 11.5. The van der Waals surface area contributed by atoms with Gasteiger partial charge in [0.25, 0.3) is 0 Å². The number of piperazine rings is 1. The van der Waals surface area contributed by atoms with E-state index in [-0.39, 0.29) is 47.8 Å². The Hall–Kier alpha value is -2.78. The van der Waals surface area contributed by atoms with Crippen molar-refractivity contribution in [1.82, 2.24) is 14.1 Å². The van der Waals surface area contributed by atoms with E-state index in [2.05, 4.69) is 0 Å². The molecule has 0 spiro atoms. The molecule has 0 N–H and O–H groups in total. The Kier molecular flexibility index (Phi) is 6.78. The SMILES string of the molecule is Cc1ccc(CC2C(=O)N(C(C)C)CC3N2C(=O)CCN3S(=O)(=O)c2cccc(CF)c2)cc1. The third kappa shape index (κ3) is 4.46. The fourth-order valence-electron chi connectivity index (χ4n) is 4.73. The molecule has 2 aromatic carbocycles. The molecule has 7 nitrogen and oxygen atoms in total. The molecule has 0 radical (unpaired) electrons. The molecule has 34 heavy (non-hydrogen) atoms. The maximum atomic E-state index is 13.6. The van der Waals surface area contributed by atoms with Crippen molar-refractivity contribution in [1.29, 1.82) is 0 Å². The normalized spacial score (nSPS) is 21.8. The lowest BCUT2D eigenvalue weighted by Crippen LogP contribution is -2.72. The van der Waals surface area contributed by atoms with Gasteiger partial charge in [0.05, 0.1) is 11.4 Å². The summed E-state index contributed by atoms with van der Waals surface area (Å²) in [4.78, 5) is 29.7. The lowest BCUT2D eigenvalue weighted by Gasteiger charge is -2.52. The van der Waals surface area contributed by atoms with Gasteiger partial charge in [-0.3, -0.25) is 9.59 Å². The Balaban J connectivity index is 1.74. The predicted octanol–water partition coefficient (Wildman–Crippen LogP) is 2.88. The van der Waals surface area contributed by atoms with E-state index < -0.39 is 28.9 Å². The highest BCUT2D eigenvalue weighted by atomic mass is 32.2. The number of fused-ring (bicyclic) bond motifs is 1. The molecular formula is C25H30FN3O4S. The molecule has 2 aromatic rings. The van der Waals surface area contributed by atoms with Crippen molar-refractivity contribution in [3.05, 3.63) is 65.2 Å². The number of hydrogen-bond donors (Lipinski definition) is 0. The highest BCUT2D eigenvalue weighted by Gasteiger charge is 2.51. The molecule has 2 heterocycles. The Labute approximate surface area is 200 Å². The van der Waals surface area contributed by atoms with E-state index >= 15 is 0 Å².